The van der Waals surface area contributed by atoms with Crippen LogP contribution in [0.25, 0.3) is 0 Å². The number of aliphatic hydroxyl groups is 2. The van der Waals surface area contributed by atoms with E-state index < -0.39 is 22.6 Å². The van der Waals surface area contributed by atoms with Gasteiger partial charge in [0.2, 0.25) is 0 Å². The third-order valence-electron chi connectivity index (χ3n) is 5.22. The van der Waals surface area contributed by atoms with Gasteiger partial charge in [0, 0.05) is 0 Å². The van der Waals surface area contributed by atoms with Crippen molar-refractivity contribution in [3.05, 3.63) is 0 Å². The number of rotatable bonds is 18. The van der Waals surface area contributed by atoms with Crippen LogP contribution in [0.3, 0.4) is 0 Å². The van der Waals surface area contributed by atoms with Gasteiger partial charge in [0.15, 0.2) is 0 Å². The van der Waals surface area contributed by atoms with Gasteiger partial charge in [-0.2, -0.15) is 8.42 Å². The van der Waals surface area contributed by atoms with Crippen LogP contribution >= 0.6 is 0 Å². The fraction of sp³-hybridized carbons (Fsp3) is 1.00. The predicted octanol–water partition coefficient (Wildman–Crippen LogP) is 4.70. The van der Waals surface area contributed by atoms with Crippen LogP contribution in [-0.4, -0.2) is 81.7 Å². The van der Waals surface area contributed by atoms with Crippen molar-refractivity contribution < 1.29 is 32.5 Å². The van der Waals surface area contributed by atoms with E-state index in [0.717, 1.165) is 25.7 Å². The van der Waals surface area contributed by atoms with Crippen molar-refractivity contribution in [3.8, 4) is 0 Å². The molecule has 0 rings (SSSR count). The Morgan fingerprint density at radius 2 is 0.903 bits per heavy atom. The Labute approximate surface area is 213 Å². The van der Waals surface area contributed by atoms with E-state index in [1.807, 2.05) is 13.8 Å². The SMILES string of the molecule is CCCCCCCCC(O)C(C)OC(C)C(O)CCCCCCCC.O=S(=O)(O)O.[NaH]. The maximum absolute atomic E-state index is 10.2. The van der Waals surface area contributed by atoms with Gasteiger partial charge in [-0.1, -0.05) is 90.9 Å². The molecule has 0 bridgehead atoms. The summed E-state index contributed by atoms with van der Waals surface area (Å²) in [5.41, 5.74) is 0. The Hall–Kier alpha value is 0.750. The van der Waals surface area contributed by atoms with Crippen LogP contribution in [0.4, 0.5) is 0 Å². The van der Waals surface area contributed by atoms with E-state index in [0.29, 0.717) is 0 Å². The number of hydrogen-bond acceptors (Lipinski definition) is 5. The van der Waals surface area contributed by atoms with Crippen LogP contribution in [0.2, 0.25) is 0 Å². The Kier molecular flexibility index (Phi) is 28.0. The maximum atomic E-state index is 10.2. The monoisotopic (exact) mass is 480 g/mol. The van der Waals surface area contributed by atoms with Crippen molar-refractivity contribution in [1.29, 1.82) is 0 Å². The van der Waals surface area contributed by atoms with Crippen LogP contribution in [0.1, 0.15) is 118 Å². The van der Waals surface area contributed by atoms with Gasteiger partial charge in [0.05, 0.1) is 24.4 Å². The summed E-state index contributed by atoms with van der Waals surface area (Å²) >= 11 is 0. The van der Waals surface area contributed by atoms with Crippen molar-refractivity contribution in [3.63, 3.8) is 0 Å². The molecule has 0 saturated carbocycles. The fourth-order valence-electron chi connectivity index (χ4n) is 3.26. The van der Waals surface area contributed by atoms with Crippen LogP contribution in [0.15, 0.2) is 0 Å². The van der Waals surface area contributed by atoms with Crippen molar-refractivity contribution in [2.75, 3.05) is 0 Å². The molecule has 186 valence electrons. The van der Waals surface area contributed by atoms with Crippen molar-refractivity contribution in [2.24, 2.45) is 0 Å². The Morgan fingerprint density at radius 1 is 0.645 bits per heavy atom. The minimum absolute atomic E-state index is 0. The Bertz CT molecular complexity index is 429. The van der Waals surface area contributed by atoms with E-state index in [1.165, 1.54) is 64.2 Å². The van der Waals surface area contributed by atoms with Gasteiger partial charge >= 0.3 is 40.0 Å². The molecule has 0 aromatic heterocycles. The summed E-state index contributed by atoms with van der Waals surface area (Å²) in [5.74, 6) is 0. The summed E-state index contributed by atoms with van der Waals surface area (Å²) in [6.07, 6.45) is 15.2. The quantitative estimate of drug-likeness (QED) is 0.127. The minimum atomic E-state index is -4.67. The van der Waals surface area contributed by atoms with E-state index in [-0.39, 0.29) is 41.8 Å². The number of aliphatic hydroxyl groups excluding tert-OH is 2. The summed E-state index contributed by atoms with van der Waals surface area (Å²) in [7, 11) is -4.67. The van der Waals surface area contributed by atoms with E-state index in [9.17, 15) is 10.2 Å². The van der Waals surface area contributed by atoms with Crippen LogP contribution in [0.5, 0.6) is 0 Å². The molecule has 7 nitrogen and oxygen atoms in total. The average Bonchev–Trinajstić information content (AvgIpc) is 2.65. The molecule has 0 amide bonds. The van der Waals surface area contributed by atoms with Gasteiger partial charge in [-0.25, -0.2) is 0 Å². The van der Waals surface area contributed by atoms with Crippen molar-refractivity contribution >= 4 is 40.0 Å². The van der Waals surface area contributed by atoms with Gasteiger partial charge < -0.3 is 14.9 Å². The molecule has 0 heterocycles. The van der Waals surface area contributed by atoms with E-state index in [4.69, 9.17) is 22.3 Å². The third-order valence-corrected chi connectivity index (χ3v) is 5.22. The van der Waals surface area contributed by atoms with Gasteiger partial charge in [-0.15, -0.1) is 0 Å². The first-order valence-corrected chi connectivity index (χ1v) is 13.1. The zero-order chi connectivity index (χ0) is 23.4. The molecule has 0 fully saturated rings. The van der Waals surface area contributed by atoms with Crippen LogP contribution < -0.4 is 0 Å². The molecule has 0 aliphatic heterocycles. The molecule has 4 unspecified atom stereocenters. The fourth-order valence-corrected chi connectivity index (χ4v) is 3.26. The first-order valence-electron chi connectivity index (χ1n) is 11.7. The molecular weight excluding hydrogens is 431 g/mol. The van der Waals surface area contributed by atoms with Gasteiger partial charge in [-0.05, 0) is 26.7 Å². The molecule has 0 radical (unpaired) electrons. The zero-order valence-electron chi connectivity index (χ0n) is 19.6. The summed E-state index contributed by atoms with van der Waals surface area (Å²) in [4.78, 5) is 0. The standard InChI is InChI=1S/C22H46O3.Na.H2O4S.H/c1-5-7-9-11-13-15-17-21(23)19(3)25-20(4)22(24)18-16-14-12-10-8-6-2;;1-5(2,3)4;/h19-24H,5-18H2,1-4H3;;(H2,1,2,3,4);. The molecule has 31 heavy (non-hydrogen) atoms. The molecule has 0 aromatic carbocycles. The third kappa shape index (κ3) is 30.8. The molecule has 0 spiro atoms. The molecule has 0 aliphatic rings. The molecule has 4 atom stereocenters. The van der Waals surface area contributed by atoms with Crippen LogP contribution in [-0.2, 0) is 15.1 Å². The number of hydrogen-bond donors (Lipinski definition) is 4. The first-order chi connectivity index (χ1) is 14.0. The summed E-state index contributed by atoms with van der Waals surface area (Å²) in [6.45, 7) is 8.31. The van der Waals surface area contributed by atoms with Gasteiger partial charge in [0.25, 0.3) is 0 Å². The molecule has 9 heteroatoms. The van der Waals surface area contributed by atoms with Gasteiger partial charge in [-0.3, -0.25) is 9.11 Å². The summed E-state index contributed by atoms with van der Waals surface area (Å²) in [5, 5.41) is 20.5. The second-order valence-corrected chi connectivity index (χ2v) is 9.14. The summed E-state index contributed by atoms with van der Waals surface area (Å²) in [6, 6.07) is 0. The first kappa shape index (κ1) is 36.3. The second kappa shape index (κ2) is 23.9. The molecule has 0 aromatic rings. The van der Waals surface area contributed by atoms with Crippen molar-refractivity contribution in [2.45, 2.75) is 142 Å². The van der Waals surface area contributed by atoms with Crippen LogP contribution in [0, 0.1) is 0 Å². The topological polar surface area (TPSA) is 124 Å². The average molecular weight is 481 g/mol. The number of unbranched alkanes of at least 4 members (excludes halogenated alkanes) is 10. The summed E-state index contributed by atoms with van der Waals surface area (Å²) < 4.78 is 37.4. The normalized spacial score (nSPS) is 15.2. The van der Waals surface area contributed by atoms with Gasteiger partial charge in [0.1, 0.15) is 0 Å². The number of ether oxygens (including phenoxy) is 1. The van der Waals surface area contributed by atoms with Crippen molar-refractivity contribution in [1.82, 2.24) is 0 Å². The molecule has 4 N–H and O–H groups in total. The molecule has 0 aliphatic carbocycles. The second-order valence-electron chi connectivity index (χ2n) is 8.24. The van der Waals surface area contributed by atoms with E-state index in [2.05, 4.69) is 13.8 Å². The Balaban J connectivity index is -0.00000116. The van der Waals surface area contributed by atoms with E-state index >= 15 is 0 Å². The zero-order valence-corrected chi connectivity index (χ0v) is 20.4. The molecule has 0 saturated heterocycles. The van der Waals surface area contributed by atoms with E-state index in [1.54, 1.807) is 0 Å². The Morgan fingerprint density at radius 3 is 1.19 bits per heavy atom. The molecular formula is C22H49NaO7S. The predicted molar refractivity (Wildman–Crippen MR) is 129 cm³/mol.